The second-order valence-corrected chi connectivity index (χ2v) is 9.69. The van der Waals surface area contributed by atoms with E-state index < -0.39 is 0 Å². The molecule has 0 radical (unpaired) electrons. The summed E-state index contributed by atoms with van der Waals surface area (Å²) in [6.45, 7) is 6.73. The smallest absolute Gasteiger partial charge is 0.192 e. The molecule has 7 nitrogen and oxygen atoms in total. The molecule has 0 bridgehead atoms. The first-order chi connectivity index (χ1) is 15.5. The van der Waals surface area contributed by atoms with Crippen molar-refractivity contribution in [2.45, 2.75) is 38.2 Å². The van der Waals surface area contributed by atoms with Gasteiger partial charge in [-0.05, 0) is 38.0 Å². The van der Waals surface area contributed by atoms with Crippen molar-refractivity contribution in [3.63, 3.8) is 0 Å². The molecule has 1 aromatic carbocycles. The quantitative estimate of drug-likeness (QED) is 0.338. The van der Waals surface area contributed by atoms with Gasteiger partial charge >= 0.3 is 0 Å². The first-order valence-corrected chi connectivity index (χ1v) is 12.0. The highest BCUT2D eigenvalue weighted by atomic mass is 32.2. The lowest BCUT2D eigenvalue weighted by atomic mass is 10.2. The number of fused-ring (bicyclic) bond motifs is 1. The zero-order valence-electron chi connectivity index (χ0n) is 18.0. The molecule has 0 amide bonds. The Bertz CT molecular complexity index is 1400. The topological polar surface area (TPSA) is 95.7 Å². The van der Waals surface area contributed by atoms with E-state index in [0.29, 0.717) is 23.9 Å². The number of thiophene rings is 1. The number of hydrogen-bond donors (Lipinski definition) is 1. The zero-order chi connectivity index (χ0) is 22.2. The third-order valence-electron chi connectivity index (χ3n) is 5.43. The number of thioether (sulfide) groups is 1. The number of hydrogen-bond acceptors (Lipinski definition) is 8. The molecule has 4 heterocycles. The van der Waals surface area contributed by atoms with E-state index in [0.717, 1.165) is 38.1 Å². The van der Waals surface area contributed by atoms with Crippen LogP contribution in [0.15, 0.2) is 52.2 Å². The maximum absolute atomic E-state index is 6.26. The van der Waals surface area contributed by atoms with Crippen LogP contribution in [0.4, 0.5) is 5.82 Å². The Labute approximate surface area is 193 Å². The van der Waals surface area contributed by atoms with Gasteiger partial charge in [-0.2, -0.15) is 0 Å². The number of aryl methyl sites for hydroxylation is 3. The number of nitrogen functional groups attached to an aromatic ring is 1. The Morgan fingerprint density at radius 2 is 1.88 bits per heavy atom. The Morgan fingerprint density at radius 3 is 2.62 bits per heavy atom. The Hall–Kier alpha value is -3.17. The number of furan rings is 1. The third-order valence-corrected chi connectivity index (χ3v) is 7.50. The highest BCUT2D eigenvalue weighted by Crippen LogP contribution is 2.33. The summed E-state index contributed by atoms with van der Waals surface area (Å²) in [5.41, 5.74) is 9.52. The minimum atomic E-state index is 0.535. The molecule has 0 aliphatic rings. The van der Waals surface area contributed by atoms with E-state index in [-0.39, 0.29) is 0 Å². The average Bonchev–Trinajstić information content (AvgIpc) is 3.45. The highest BCUT2D eigenvalue weighted by Gasteiger charge is 2.19. The average molecular weight is 463 g/mol. The summed E-state index contributed by atoms with van der Waals surface area (Å²) in [7, 11) is 0. The highest BCUT2D eigenvalue weighted by molar-refractivity contribution is 7.98. The maximum atomic E-state index is 6.26. The van der Waals surface area contributed by atoms with Gasteiger partial charge in [0.2, 0.25) is 0 Å². The summed E-state index contributed by atoms with van der Waals surface area (Å²) in [5, 5.41) is 10.7. The van der Waals surface area contributed by atoms with Gasteiger partial charge in [0.05, 0.1) is 29.5 Å². The fourth-order valence-electron chi connectivity index (χ4n) is 3.64. The number of rotatable bonds is 6. The molecule has 5 aromatic rings. The van der Waals surface area contributed by atoms with Crippen molar-refractivity contribution in [1.29, 1.82) is 0 Å². The van der Waals surface area contributed by atoms with Gasteiger partial charge in [0.15, 0.2) is 11.0 Å². The zero-order valence-corrected chi connectivity index (χ0v) is 19.6. The van der Waals surface area contributed by atoms with E-state index in [4.69, 9.17) is 15.1 Å². The van der Waals surface area contributed by atoms with Gasteiger partial charge in [-0.3, -0.25) is 4.57 Å². The second kappa shape index (κ2) is 8.40. The van der Waals surface area contributed by atoms with Crippen LogP contribution in [0.1, 0.15) is 27.6 Å². The number of benzene rings is 1. The second-order valence-electron chi connectivity index (χ2n) is 7.55. The number of nitrogens with two attached hydrogens (primary N) is 1. The molecule has 32 heavy (non-hydrogen) atoms. The van der Waals surface area contributed by atoms with Crippen LogP contribution in [0, 0.1) is 20.8 Å². The van der Waals surface area contributed by atoms with Gasteiger partial charge < -0.3 is 10.2 Å². The molecule has 0 aliphatic heterocycles. The summed E-state index contributed by atoms with van der Waals surface area (Å²) in [6, 6.07) is 12.2. The standard InChI is InChI=1S/C23H22N6OS2/c1-13-15(3)32-22-19(13)20(24)25-18(26-22)12-31-23-28-27-21(17-9-10-30-14(17)2)29(23)11-16-7-5-4-6-8-16/h4-10H,11-12H2,1-3H3,(H2,24,25,26). The lowest BCUT2D eigenvalue weighted by Crippen LogP contribution is -2.05. The number of nitrogens with zero attached hydrogens (tertiary/aromatic N) is 5. The van der Waals surface area contributed by atoms with Gasteiger partial charge in [-0.15, -0.1) is 21.5 Å². The van der Waals surface area contributed by atoms with Gasteiger partial charge in [0, 0.05) is 4.88 Å². The van der Waals surface area contributed by atoms with E-state index in [1.807, 2.05) is 31.2 Å². The van der Waals surface area contributed by atoms with Crippen molar-refractivity contribution in [2.24, 2.45) is 0 Å². The predicted octanol–water partition coefficient (Wildman–Crippen LogP) is 5.39. The molecular weight excluding hydrogens is 440 g/mol. The van der Waals surface area contributed by atoms with Gasteiger partial charge in [0.25, 0.3) is 0 Å². The van der Waals surface area contributed by atoms with Crippen molar-refractivity contribution in [1.82, 2.24) is 24.7 Å². The Kier molecular flexibility index (Phi) is 5.44. The molecule has 0 fully saturated rings. The monoisotopic (exact) mass is 462 g/mol. The van der Waals surface area contributed by atoms with Crippen LogP contribution in [-0.4, -0.2) is 24.7 Å². The fraction of sp³-hybridized carbons (Fsp3) is 0.217. The Balaban J connectivity index is 1.48. The Morgan fingerprint density at radius 1 is 1.06 bits per heavy atom. The first kappa shape index (κ1) is 20.7. The third kappa shape index (κ3) is 3.78. The minimum Gasteiger partial charge on any atom is -0.469 e. The van der Waals surface area contributed by atoms with Crippen molar-refractivity contribution >= 4 is 39.1 Å². The predicted molar refractivity (Wildman–Crippen MR) is 129 cm³/mol. The van der Waals surface area contributed by atoms with Crippen LogP contribution in [0.5, 0.6) is 0 Å². The molecular formula is C23H22N6OS2. The molecule has 0 spiro atoms. The molecule has 5 rings (SSSR count). The number of aromatic nitrogens is 5. The molecule has 162 valence electrons. The van der Waals surface area contributed by atoms with Crippen molar-refractivity contribution < 1.29 is 4.42 Å². The van der Waals surface area contributed by atoms with E-state index in [2.05, 4.69) is 45.7 Å². The van der Waals surface area contributed by atoms with E-state index in [9.17, 15) is 0 Å². The van der Waals surface area contributed by atoms with E-state index in [1.54, 1.807) is 29.4 Å². The summed E-state index contributed by atoms with van der Waals surface area (Å²) < 4.78 is 7.62. The van der Waals surface area contributed by atoms with Gasteiger partial charge in [0.1, 0.15) is 22.2 Å². The molecule has 0 aliphatic carbocycles. The fourth-order valence-corrected chi connectivity index (χ4v) is 5.49. The lowest BCUT2D eigenvalue weighted by molar-refractivity contribution is 0.534. The van der Waals surface area contributed by atoms with Crippen molar-refractivity contribution in [3.8, 4) is 11.4 Å². The molecule has 0 saturated heterocycles. The lowest BCUT2D eigenvalue weighted by Gasteiger charge is -2.10. The van der Waals surface area contributed by atoms with Crippen LogP contribution in [0.3, 0.4) is 0 Å². The molecule has 0 saturated carbocycles. The summed E-state index contributed by atoms with van der Waals surface area (Å²) >= 11 is 3.21. The molecule has 4 aromatic heterocycles. The van der Waals surface area contributed by atoms with Crippen molar-refractivity contribution in [2.75, 3.05) is 5.73 Å². The van der Waals surface area contributed by atoms with Crippen LogP contribution in [-0.2, 0) is 12.3 Å². The summed E-state index contributed by atoms with van der Waals surface area (Å²) in [5.74, 6) is 3.37. The van der Waals surface area contributed by atoms with Crippen LogP contribution in [0.25, 0.3) is 21.6 Å². The summed E-state index contributed by atoms with van der Waals surface area (Å²) in [4.78, 5) is 11.5. The molecule has 0 atom stereocenters. The van der Waals surface area contributed by atoms with E-state index >= 15 is 0 Å². The van der Waals surface area contributed by atoms with Crippen LogP contribution >= 0.6 is 23.1 Å². The molecule has 2 N–H and O–H groups in total. The molecule has 0 unspecified atom stereocenters. The first-order valence-electron chi connectivity index (χ1n) is 10.2. The minimum absolute atomic E-state index is 0.535. The van der Waals surface area contributed by atoms with Gasteiger partial charge in [-0.1, -0.05) is 42.1 Å². The summed E-state index contributed by atoms with van der Waals surface area (Å²) in [6.07, 6.45) is 1.68. The maximum Gasteiger partial charge on any atom is 0.192 e. The SMILES string of the molecule is Cc1occc1-c1nnc(SCc2nc(N)c3c(C)c(C)sc3n2)n1Cc1ccccc1. The normalized spacial score (nSPS) is 11.5. The largest absolute Gasteiger partial charge is 0.469 e. The van der Waals surface area contributed by atoms with Crippen LogP contribution in [0.2, 0.25) is 0 Å². The van der Waals surface area contributed by atoms with Gasteiger partial charge in [-0.25, -0.2) is 9.97 Å². The number of anilines is 1. The van der Waals surface area contributed by atoms with Crippen LogP contribution < -0.4 is 5.73 Å². The van der Waals surface area contributed by atoms with Crippen molar-refractivity contribution in [3.05, 3.63) is 70.3 Å². The van der Waals surface area contributed by atoms with E-state index in [1.165, 1.54) is 10.4 Å². The molecule has 9 heteroatoms.